The highest BCUT2D eigenvalue weighted by molar-refractivity contribution is 5.88. The predicted octanol–water partition coefficient (Wildman–Crippen LogP) is -3.58. The van der Waals surface area contributed by atoms with E-state index in [4.69, 9.17) is 28.1 Å². The van der Waals surface area contributed by atoms with Gasteiger partial charge in [-0.3, -0.25) is 4.79 Å². The zero-order valence-corrected chi connectivity index (χ0v) is 27.3. The molecule has 2 aromatic carbocycles. The van der Waals surface area contributed by atoms with Crippen molar-refractivity contribution < 1.29 is 89.4 Å². The Morgan fingerprint density at radius 2 is 1.29 bits per heavy atom. The number of ether oxygens (including phenoxy) is 5. The van der Waals surface area contributed by atoms with E-state index in [9.17, 15) is 66.1 Å². The summed E-state index contributed by atoms with van der Waals surface area (Å²) >= 11 is 0. The molecule has 19 nitrogen and oxygen atoms in total. The molecule has 12 N–H and O–H groups in total. The Bertz CT molecular complexity index is 1760. The highest BCUT2D eigenvalue weighted by atomic mass is 16.7. The third-order valence-electron chi connectivity index (χ3n) is 9.49. The lowest BCUT2D eigenvalue weighted by molar-refractivity contribution is -0.338. The molecule has 0 saturated carbocycles. The third kappa shape index (κ3) is 6.85. The number of aromatic hydroxyl groups is 2. The molecule has 6 unspecified atom stereocenters. The van der Waals surface area contributed by atoms with E-state index in [0.717, 1.165) is 12.1 Å². The number of aliphatic hydroxyl groups excluding tert-OH is 10. The number of phenols is 2. The molecule has 19 heteroatoms. The van der Waals surface area contributed by atoms with Crippen molar-refractivity contribution in [3.8, 4) is 28.6 Å². The highest BCUT2D eigenvalue weighted by Gasteiger charge is 2.52. The van der Waals surface area contributed by atoms with Gasteiger partial charge in [0.15, 0.2) is 11.7 Å². The summed E-state index contributed by atoms with van der Waals surface area (Å²) < 4.78 is 34.7. The molecule has 0 radical (unpaired) electrons. The van der Waals surface area contributed by atoms with E-state index in [1.807, 2.05) is 0 Å². The number of hydrogen-bond donors (Lipinski definition) is 12. The molecule has 0 aliphatic carbocycles. The van der Waals surface area contributed by atoms with Gasteiger partial charge in [-0.25, -0.2) is 0 Å². The van der Waals surface area contributed by atoms with E-state index in [1.165, 1.54) is 31.2 Å². The number of aliphatic hydroxyl groups is 10. The van der Waals surface area contributed by atoms with Crippen LogP contribution in [0.3, 0.4) is 0 Å². The first kappa shape index (κ1) is 38.2. The Hall–Kier alpha value is -3.51. The van der Waals surface area contributed by atoms with Crippen molar-refractivity contribution in [2.24, 2.45) is 0 Å². The second-order valence-electron chi connectivity index (χ2n) is 12.9. The lowest BCUT2D eigenvalue weighted by Gasteiger charge is -2.46. The third-order valence-corrected chi connectivity index (χ3v) is 9.49. The van der Waals surface area contributed by atoms with Crippen LogP contribution in [0.15, 0.2) is 45.6 Å². The minimum absolute atomic E-state index is 0.0317. The Morgan fingerprint density at radius 3 is 1.94 bits per heavy atom. The quantitative estimate of drug-likeness (QED) is 0.106. The van der Waals surface area contributed by atoms with Gasteiger partial charge >= 0.3 is 0 Å². The minimum atomic E-state index is -2.01. The van der Waals surface area contributed by atoms with Crippen LogP contribution in [-0.2, 0) is 18.9 Å². The van der Waals surface area contributed by atoms with Gasteiger partial charge < -0.3 is 89.4 Å². The molecule has 52 heavy (non-hydrogen) atoms. The van der Waals surface area contributed by atoms with Crippen LogP contribution in [0.1, 0.15) is 18.6 Å². The minimum Gasteiger partial charge on any atom is -0.508 e. The van der Waals surface area contributed by atoms with Crippen LogP contribution in [0.2, 0.25) is 0 Å². The molecule has 4 heterocycles. The van der Waals surface area contributed by atoms with E-state index in [0.29, 0.717) is 5.56 Å². The standard InChI is InChI=1S/C33H40O19/c1-10-21(38)25(42)28(45)32(47-10)52-31-27(44)23(40)17(8-34)49-30(31)20-16(50-33-29(46)26(43)22(39)18(9-35)51-33)7-15-19(24(20)41)13(37)6-14(48-15)11-2-4-12(36)5-3-11/h2-7,10,17-18,21-23,25-36,38-46H,8-9H2,1H3/t10?,17?,18?,21-,22-,23+,25-,26-,27-,28?,29?,30-,31?,32-,33+/m0/s1. The van der Waals surface area contributed by atoms with Crippen LogP contribution in [0.5, 0.6) is 17.2 Å². The van der Waals surface area contributed by atoms with E-state index in [-0.39, 0.29) is 17.1 Å². The zero-order chi connectivity index (χ0) is 37.8. The van der Waals surface area contributed by atoms with Gasteiger partial charge in [0.1, 0.15) is 107 Å². The first-order chi connectivity index (χ1) is 24.7. The first-order valence-corrected chi connectivity index (χ1v) is 16.2. The summed E-state index contributed by atoms with van der Waals surface area (Å²) in [6, 6.07) is 7.63. The van der Waals surface area contributed by atoms with Gasteiger partial charge in [-0.2, -0.15) is 0 Å². The van der Waals surface area contributed by atoms with Crippen molar-refractivity contribution in [3.05, 3.63) is 52.2 Å². The van der Waals surface area contributed by atoms with Gasteiger partial charge in [0.2, 0.25) is 6.29 Å². The van der Waals surface area contributed by atoms with Crippen LogP contribution in [0.25, 0.3) is 22.3 Å². The maximum absolute atomic E-state index is 13.6. The van der Waals surface area contributed by atoms with Gasteiger partial charge in [-0.15, -0.1) is 0 Å². The predicted molar refractivity (Wildman–Crippen MR) is 170 cm³/mol. The largest absolute Gasteiger partial charge is 0.508 e. The summed E-state index contributed by atoms with van der Waals surface area (Å²) in [4.78, 5) is 13.6. The Labute approximate surface area is 293 Å². The number of benzene rings is 2. The Kier molecular flexibility index (Phi) is 11.1. The molecule has 3 fully saturated rings. The average molecular weight is 741 g/mol. The van der Waals surface area contributed by atoms with Crippen LogP contribution >= 0.6 is 0 Å². The molecular formula is C33H40O19. The van der Waals surface area contributed by atoms with Crippen molar-refractivity contribution in [1.82, 2.24) is 0 Å². The van der Waals surface area contributed by atoms with Gasteiger partial charge in [0, 0.05) is 17.7 Å². The lowest BCUT2D eigenvalue weighted by atomic mass is 9.89. The fourth-order valence-electron chi connectivity index (χ4n) is 6.48. The second-order valence-corrected chi connectivity index (χ2v) is 12.9. The van der Waals surface area contributed by atoms with E-state index < -0.39 is 133 Å². The molecule has 0 spiro atoms. The summed E-state index contributed by atoms with van der Waals surface area (Å²) in [5, 5.41) is 126. The molecule has 1 aromatic heterocycles. The van der Waals surface area contributed by atoms with Crippen molar-refractivity contribution in [2.75, 3.05) is 13.2 Å². The van der Waals surface area contributed by atoms with Crippen molar-refractivity contribution >= 4 is 11.0 Å². The molecule has 0 amide bonds. The summed E-state index contributed by atoms with van der Waals surface area (Å²) in [6.45, 7) is -0.384. The lowest BCUT2D eigenvalue weighted by Crippen LogP contribution is -2.62. The average Bonchev–Trinajstić information content (AvgIpc) is 3.12. The molecule has 15 atom stereocenters. The Morgan fingerprint density at radius 1 is 0.692 bits per heavy atom. The molecule has 3 aromatic rings. The maximum atomic E-state index is 13.6. The Balaban J connectivity index is 1.52. The van der Waals surface area contributed by atoms with E-state index in [2.05, 4.69) is 0 Å². The van der Waals surface area contributed by atoms with Gasteiger partial charge in [-0.05, 0) is 31.2 Å². The van der Waals surface area contributed by atoms with Gasteiger partial charge in [0.25, 0.3) is 0 Å². The maximum Gasteiger partial charge on any atom is 0.229 e. The van der Waals surface area contributed by atoms with Crippen LogP contribution in [0, 0.1) is 0 Å². The normalized spacial score (nSPS) is 38.3. The molecule has 286 valence electrons. The van der Waals surface area contributed by atoms with E-state index >= 15 is 0 Å². The van der Waals surface area contributed by atoms with E-state index in [1.54, 1.807) is 0 Å². The van der Waals surface area contributed by atoms with Crippen molar-refractivity contribution in [3.63, 3.8) is 0 Å². The van der Waals surface area contributed by atoms with Crippen LogP contribution in [0.4, 0.5) is 0 Å². The summed E-state index contributed by atoms with van der Waals surface area (Å²) in [6.07, 6.45) is -26.4. The number of hydrogen-bond acceptors (Lipinski definition) is 19. The van der Waals surface area contributed by atoms with Crippen LogP contribution < -0.4 is 10.2 Å². The highest BCUT2D eigenvalue weighted by Crippen LogP contribution is 2.47. The number of rotatable bonds is 8. The fraction of sp³-hybridized carbons (Fsp3) is 0.545. The number of phenolic OH excluding ortho intramolecular Hbond substituents is 2. The molecule has 3 saturated heterocycles. The smallest absolute Gasteiger partial charge is 0.229 e. The molecule has 6 rings (SSSR count). The summed E-state index contributed by atoms with van der Waals surface area (Å²) in [5.41, 5.74) is -1.37. The topological polar surface area (TPSA) is 319 Å². The monoisotopic (exact) mass is 740 g/mol. The van der Waals surface area contributed by atoms with Gasteiger partial charge in [-0.1, -0.05) is 0 Å². The van der Waals surface area contributed by atoms with Crippen molar-refractivity contribution in [1.29, 1.82) is 0 Å². The van der Waals surface area contributed by atoms with Crippen molar-refractivity contribution in [2.45, 2.75) is 98.9 Å². The molecule has 3 aliphatic rings. The van der Waals surface area contributed by atoms with Crippen LogP contribution in [-0.4, -0.2) is 160 Å². The summed E-state index contributed by atoms with van der Waals surface area (Å²) in [5.74, 6) is -1.56. The first-order valence-electron chi connectivity index (χ1n) is 16.2. The molecular weight excluding hydrogens is 700 g/mol. The molecule has 3 aliphatic heterocycles. The summed E-state index contributed by atoms with van der Waals surface area (Å²) in [7, 11) is 0. The molecule has 0 bridgehead atoms. The zero-order valence-electron chi connectivity index (χ0n) is 27.3. The fourth-order valence-corrected chi connectivity index (χ4v) is 6.48. The SMILES string of the molecule is CC1O[C@@H](OC2[C@@H](O)[C@H](O)C(CO)O[C@H]2c2c(O[C@@H]3OC(CO)[C@H](O)[C@H](O)C3O)cc3oc(-c4ccc(O)cc4)cc(=O)c3c2O)C(O)[C@@H](O)[C@H]1O. The number of fused-ring (bicyclic) bond motifs is 1. The second kappa shape index (κ2) is 15.1. The van der Waals surface area contributed by atoms with Gasteiger partial charge in [0.05, 0.1) is 24.9 Å².